The van der Waals surface area contributed by atoms with Crippen molar-refractivity contribution in [2.45, 2.75) is 6.92 Å². The molecule has 0 heterocycles. The Balaban J connectivity index is -0.0000000267. The van der Waals surface area contributed by atoms with Gasteiger partial charge in [0.15, 0.2) is 0 Å². The van der Waals surface area contributed by atoms with Gasteiger partial charge in [-0.2, -0.15) is 6.08 Å². The van der Waals surface area contributed by atoms with Gasteiger partial charge in [0.05, 0.1) is 0 Å². The van der Waals surface area contributed by atoms with E-state index in [1.807, 2.05) is 13.0 Å². The zero-order valence-electron chi connectivity index (χ0n) is 4.57. The second-order valence-corrected chi connectivity index (χ2v) is 0.718. The standard InChI is InChI=1S/C5H7.2HI.Zr/c1-3-5-4-2;;;/h1,3-5H,2H3;2*1H;/q-1;;;+3/p-2. The van der Waals surface area contributed by atoms with Gasteiger partial charge in [-0.3, -0.25) is 6.58 Å². The first kappa shape index (κ1) is 22.6. The van der Waals surface area contributed by atoms with Crippen molar-refractivity contribution in [2.24, 2.45) is 0 Å². The molecule has 0 bridgehead atoms. The Morgan fingerprint density at radius 1 is 1.25 bits per heavy atom. The fourth-order valence-corrected chi connectivity index (χ4v) is 0.111. The maximum absolute atomic E-state index is 4.93. The fraction of sp³-hybridized carbons (Fsp3) is 0.200. The number of allylic oxidation sites excluding steroid dienone is 3. The second-order valence-electron chi connectivity index (χ2n) is 0.718. The molecule has 0 saturated heterocycles. The summed E-state index contributed by atoms with van der Waals surface area (Å²) < 4.78 is 0. The number of hydrogen-bond acceptors (Lipinski definition) is 0. The molecule has 0 atom stereocenters. The largest absolute Gasteiger partial charge is 3.00 e. The van der Waals surface area contributed by atoms with E-state index in [1.165, 1.54) is 6.08 Å². The summed E-state index contributed by atoms with van der Waals surface area (Å²) in [7, 11) is 0. The molecular weight excluding hydrogens is 405 g/mol. The number of hydrogen-bond donors (Lipinski definition) is 0. The van der Waals surface area contributed by atoms with Gasteiger partial charge < -0.3 is 48.0 Å². The summed E-state index contributed by atoms with van der Waals surface area (Å²) >= 11 is 0. The molecule has 0 N–H and O–H groups in total. The minimum atomic E-state index is 0. The number of halogens is 2. The molecule has 1 radical (unpaired) electrons. The second kappa shape index (κ2) is 23.2. The van der Waals surface area contributed by atoms with E-state index < -0.39 is 0 Å². The third-order valence-electron chi connectivity index (χ3n) is 0.304. The van der Waals surface area contributed by atoms with Crippen LogP contribution in [0.25, 0.3) is 0 Å². The van der Waals surface area contributed by atoms with Crippen molar-refractivity contribution in [3.63, 3.8) is 0 Å². The molecule has 0 aromatic heterocycles. The predicted molar refractivity (Wildman–Crippen MR) is 23.7 cm³/mol. The predicted octanol–water partition coefficient (Wildman–Crippen LogP) is -4.44. The summed E-state index contributed by atoms with van der Waals surface area (Å²) in [4.78, 5) is 0. The van der Waals surface area contributed by atoms with Crippen molar-refractivity contribution in [1.82, 2.24) is 0 Å². The van der Waals surface area contributed by atoms with Crippen LogP contribution in [0.4, 0.5) is 0 Å². The first-order valence-corrected chi connectivity index (χ1v) is 1.58. The topological polar surface area (TPSA) is 0 Å². The Labute approximate surface area is 104 Å². The quantitative estimate of drug-likeness (QED) is 0.232. The molecular formula is C5H7I2Zr. The minimum absolute atomic E-state index is 0. The molecule has 3 heteroatoms. The Hall–Kier alpha value is 1.82. The molecule has 45 valence electrons. The van der Waals surface area contributed by atoms with Gasteiger partial charge in [0.25, 0.3) is 0 Å². The van der Waals surface area contributed by atoms with Gasteiger partial charge in [-0.15, -0.1) is 0 Å². The molecule has 8 heavy (non-hydrogen) atoms. The van der Waals surface area contributed by atoms with E-state index in [0.717, 1.165) is 0 Å². The zero-order chi connectivity index (χ0) is 4.12. The van der Waals surface area contributed by atoms with E-state index in [2.05, 4.69) is 0 Å². The van der Waals surface area contributed by atoms with Crippen LogP contribution in [0.15, 0.2) is 18.2 Å². The van der Waals surface area contributed by atoms with Crippen LogP contribution in [0, 0.1) is 6.58 Å². The number of rotatable bonds is 1. The molecule has 0 unspecified atom stereocenters. The average molecular weight is 412 g/mol. The summed E-state index contributed by atoms with van der Waals surface area (Å²) in [5, 5.41) is 0. The molecule has 0 nitrogen and oxygen atoms in total. The maximum atomic E-state index is 4.93. The summed E-state index contributed by atoms with van der Waals surface area (Å²) in [5.74, 6) is 0. The monoisotopic (exact) mass is 411 g/mol. The molecule has 0 aliphatic rings. The van der Waals surface area contributed by atoms with Crippen LogP contribution >= 0.6 is 0 Å². The Morgan fingerprint density at radius 3 is 1.62 bits per heavy atom. The smallest absolute Gasteiger partial charge is 1.00 e. The van der Waals surface area contributed by atoms with Gasteiger partial charge in [-0.1, -0.05) is 6.92 Å². The summed E-state index contributed by atoms with van der Waals surface area (Å²) in [5.41, 5.74) is 0. The first-order chi connectivity index (χ1) is 2.41. The van der Waals surface area contributed by atoms with E-state index in [9.17, 15) is 0 Å². The molecule has 0 aliphatic heterocycles. The van der Waals surface area contributed by atoms with E-state index in [0.29, 0.717) is 0 Å². The van der Waals surface area contributed by atoms with Crippen molar-refractivity contribution < 1.29 is 74.2 Å². The molecule has 0 saturated carbocycles. The summed E-state index contributed by atoms with van der Waals surface area (Å²) in [6.45, 7) is 6.85. The van der Waals surface area contributed by atoms with Crippen molar-refractivity contribution in [3.8, 4) is 0 Å². The molecule has 0 spiro atoms. The molecule has 0 aromatic rings. The van der Waals surface area contributed by atoms with Crippen molar-refractivity contribution >= 4 is 0 Å². The van der Waals surface area contributed by atoms with Gasteiger partial charge in [0.1, 0.15) is 0 Å². The van der Waals surface area contributed by atoms with Crippen LogP contribution < -0.4 is 48.0 Å². The maximum Gasteiger partial charge on any atom is 3.00 e. The Kier molecular flexibility index (Phi) is 65.4. The summed E-state index contributed by atoms with van der Waals surface area (Å²) in [6.07, 6.45) is 5.15. The Bertz CT molecular complexity index is 52.4. The fourth-order valence-electron chi connectivity index (χ4n) is 0.111. The van der Waals surface area contributed by atoms with E-state index >= 15 is 0 Å². The molecule has 0 rings (SSSR count). The van der Waals surface area contributed by atoms with Crippen LogP contribution in [0.1, 0.15) is 6.92 Å². The van der Waals surface area contributed by atoms with Crippen molar-refractivity contribution in [3.05, 3.63) is 24.8 Å². The van der Waals surface area contributed by atoms with Crippen LogP contribution in [-0.4, -0.2) is 0 Å². The van der Waals surface area contributed by atoms with E-state index in [1.54, 1.807) is 6.08 Å². The van der Waals surface area contributed by atoms with Gasteiger partial charge in [-0.25, -0.2) is 12.2 Å². The molecule has 0 aliphatic carbocycles. The van der Waals surface area contributed by atoms with Gasteiger partial charge in [0.2, 0.25) is 0 Å². The zero-order valence-corrected chi connectivity index (χ0v) is 11.3. The molecule has 0 amide bonds. The van der Waals surface area contributed by atoms with Gasteiger partial charge >= 0.3 is 26.2 Å². The minimum Gasteiger partial charge on any atom is -1.00 e. The third-order valence-corrected chi connectivity index (χ3v) is 0.304. The molecule has 0 fully saturated rings. The summed E-state index contributed by atoms with van der Waals surface area (Å²) in [6, 6.07) is 0. The SMILES string of the molecule is [CH-]=CC=CC.[I-].[I-].[Zr+3]. The van der Waals surface area contributed by atoms with E-state index in [-0.39, 0.29) is 74.2 Å². The normalized spacial score (nSPS) is 5.62. The van der Waals surface area contributed by atoms with Crippen LogP contribution in [-0.2, 0) is 26.2 Å². The van der Waals surface area contributed by atoms with Crippen molar-refractivity contribution in [1.29, 1.82) is 0 Å². The van der Waals surface area contributed by atoms with Crippen LogP contribution in [0.5, 0.6) is 0 Å². The van der Waals surface area contributed by atoms with Gasteiger partial charge in [0, 0.05) is 0 Å². The first-order valence-electron chi connectivity index (χ1n) is 1.58. The van der Waals surface area contributed by atoms with E-state index in [4.69, 9.17) is 6.58 Å². The Morgan fingerprint density at radius 2 is 1.62 bits per heavy atom. The van der Waals surface area contributed by atoms with Gasteiger partial charge in [-0.05, 0) is 0 Å². The third kappa shape index (κ3) is 24.9. The van der Waals surface area contributed by atoms with Crippen molar-refractivity contribution in [2.75, 3.05) is 0 Å². The molecule has 0 aromatic carbocycles. The average Bonchev–Trinajstić information content (AvgIpc) is 1.41. The van der Waals surface area contributed by atoms with Crippen LogP contribution in [0.2, 0.25) is 0 Å². The van der Waals surface area contributed by atoms with Crippen LogP contribution in [0.3, 0.4) is 0 Å².